The maximum absolute atomic E-state index is 12.7. The number of nitrogens with two attached hydrogens (primary N) is 1. The van der Waals surface area contributed by atoms with Crippen LogP contribution in [0.1, 0.15) is 50.0 Å². The minimum absolute atomic E-state index is 0.0881. The summed E-state index contributed by atoms with van der Waals surface area (Å²) in [5, 5.41) is 0. The summed E-state index contributed by atoms with van der Waals surface area (Å²) in [6.07, 6.45) is 7.74. The molecule has 2 fully saturated rings. The van der Waals surface area contributed by atoms with E-state index in [4.69, 9.17) is 5.73 Å². The van der Waals surface area contributed by atoms with E-state index in [2.05, 4.69) is 28.7 Å². The third-order valence-corrected chi connectivity index (χ3v) is 5.05. The van der Waals surface area contributed by atoms with E-state index in [1.807, 2.05) is 4.90 Å². The summed E-state index contributed by atoms with van der Waals surface area (Å²) in [5.74, 6) is 0.132. The van der Waals surface area contributed by atoms with Crippen LogP contribution < -0.4 is 5.73 Å². The smallest absolute Gasteiger partial charge is 0.276 e. The Bertz CT molecular complexity index is 539. The molecule has 0 spiro atoms. The Morgan fingerprint density at radius 3 is 2.55 bits per heavy atom. The van der Waals surface area contributed by atoms with Gasteiger partial charge in [-0.05, 0) is 39.5 Å². The van der Waals surface area contributed by atoms with Crippen LogP contribution in [-0.2, 0) is 0 Å². The number of hydrogen-bond donors (Lipinski definition) is 1. The zero-order valence-electron chi connectivity index (χ0n) is 13.4. The van der Waals surface area contributed by atoms with Gasteiger partial charge in [0, 0.05) is 43.6 Å². The number of likely N-dealkylation sites (tertiary alicyclic amines) is 2. The van der Waals surface area contributed by atoms with E-state index in [9.17, 15) is 4.79 Å². The number of amides is 1. The van der Waals surface area contributed by atoms with Gasteiger partial charge in [-0.15, -0.1) is 0 Å². The van der Waals surface area contributed by atoms with E-state index in [0.717, 1.165) is 25.9 Å². The number of anilines is 1. The Kier molecular flexibility index (Phi) is 4.29. The van der Waals surface area contributed by atoms with E-state index in [0.29, 0.717) is 18.1 Å². The lowest BCUT2D eigenvalue weighted by Crippen LogP contribution is -2.52. The van der Waals surface area contributed by atoms with Crippen LogP contribution in [0.2, 0.25) is 0 Å². The first-order chi connectivity index (χ1) is 10.6. The van der Waals surface area contributed by atoms with Crippen molar-refractivity contribution < 1.29 is 4.79 Å². The van der Waals surface area contributed by atoms with Crippen LogP contribution in [-0.4, -0.2) is 56.9 Å². The average molecular weight is 303 g/mol. The summed E-state index contributed by atoms with van der Waals surface area (Å²) in [7, 11) is 0. The van der Waals surface area contributed by atoms with Gasteiger partial charge in [0.25, 0.3) is 5.91 Å². The van der Waals surface area contributed by atoms with Crippen LogP contribution in [0.5, 0.6) is 0 Å². The molecule has 2 N–H and O–H groups in total. The highest BCUT2D eigenvalue weighted by atomic mass is 16.2. The van der Waals surface area contributed by atoms with Gasteiger partial charge in [-0.1, -0.05) is 0 Å². The van der Waals surface area contributed by atoms with Gasteiger partial charge < -0.3 is 10.6 Å². The zero-order valence-corrected chi connectivity index (χ0v) is 13.4. The summed E-state index contributed by atoms with van der Waals surface area (Å²) in [5.41, 5.74) is 6.08. The number of rotatable bonds is 2. The molecular formula is C16H25N5O. The molecule has 120 valence electrons. The van der Waals surface area contributed by atoms with E-state index in [1.54, 1.807) is 0 Å². The third-order valence-electron chi connectivity index (χ3n) is 5.05. The van der Waals surface area contributed by atoms with E-state index >= 15 is 0 Å². The molecule has 0 radical (unpaired) electrons. The quantitative estimate of drug-likeness (QED) is 0.897. The van der Waals surface area contributed by atoms with Gasteiger partial charge in [0.1, 0.15) is 0 Å². The highest BCUT2D eigenvalue weighted by Gasteiger charge is 2.36. The number of nitrogen functional groups attached to an aromatic ring is 1. The molecule has 3 heterocycles. The minimum Gasteiger partial charge on any atom is -0.382 e. The van der Waals surface area contributed by atoms with Crippen molar-refractivity contribution in [2.24, 2.45) is 0 Å². The first-order valence-electron chi connectivity index (χ1n) is 8.21. The van der Waals surface area contributed by atoms with Crippen molar-refractivity contribution in [3.8, 4) is 0 Å². The predicted octanol–water partition coefficient (Wildman–Crippen LogP) is 1.54. The summed E-state index contributed by atoms with van der Waals surface area (Å²) in [6, 6.07) is 1.66. The van der Waals surface area contributed by atoms with Crippen molar-refractivity contribution in [2.75, 3.05) is 18.8 Å². The van der Waals surface area contributed by atoms with Crippen LogP contribution in [0.15, 0.2) is 12.4 Å². The highest BCUT2D eigenvalue weighted by molar-refractivity contribution is 5.96. The fraction of sp³-hybridized carbons (Fsp3) is 0.688. The summed E-state index contributed by atoms with van der Waals surface area (Å²) >= 11 is 0. The maximum Gasteiger partial charge on any atom is 0.276 e. The molecule has 3 unspecified atom stereocenters. The maximum atomic E-state index is 12.7. The molecule has 0 saturated carbocycles. The molecule has 3 atom stereocenters. The fourth-order valence-corrected chi connectivity index (χ4v) is 3.98. The van der Waals surface area contributed by atoms with Crippen LogP contribution >= 0.6 is 0 Å². The van der Waals surface area contributed by atoms with Crippen LogP contribution in [0.4, 0.5) is 5.82 Å². The molecule has 22 heavy (non-hydrogen) atoms. The third kappa shape index (κ3) is 2.79. The van der Waals surface area contributed by atoms with Crippen molar-refractivity contribution in [3.63, 3.8) is 0 Å². The second-order valence-corrected chi connectivity index (χ2v) is 6.56. The van der Waals surface area contributed by atoms with Gasteiger partial charge in [0.15, 0.2) is 11.5 Å². The zero-order chi connectivity index (χ0) is 15.7. The number of hydrogen-bond acceptors (Lipinski definition) is 5. The normalized spacial score (nSPS) is 29.7. The second-order valence-electron chi connectivity index (χ2n) is 6.56. The van der Waals surface area contributed by atoms with E-state index in [-0.39, 0.29) is 17.4 Å². The minimum atomic E-state index is -0.0881. The monoisotopic (exact) mass is 303 g/mol. The lowest BCUT2D eigenvalue weighted by Gasteiger charge is -2.41. The second kappa shape index (κ2) is 6.20. The molecule has 3 rings (SSSR count). The van der Waals surface area contributed by atoms with Gasteiger partial charge in [0.2, 0.25) is 0 Å². The van der Waals surface area contributed by atoms with Gasteiger partial charge in [-0.2, -0.15) is 0 Å². The van der Waals surface area contributed by atoms with Gasteiger partial charge >= 0.3 is 0 Å². The molecular weight excluding hydrogens is 278 g/mol. The highest BCUT2D eigenvalue weighted by Crippen LogP contribution is 2.30. The molecule has 2 aliphatic rings. The summed E-state index contributed by atoms with van der Waals surface area (Å²) in [4.78, 5) is 25.2. The Morgan fingerprint density at radius 2 is 1.86 bits per heavy atom. The van der Waals surface area contributed by atoms with Crippen molar-refractivity contribution in [1.29, 1.82) is 0 Å². The number of aromatic nitrogens is 2. The molecule has 0 bridgehead atoms. The van der Waals surface area contributed by atoms with Gasteiger partial charge in [0.05, 0.1) is 0 Å². The predicted molar refractivity (Wildman–Crippen MR) is 85.4 cm³/mol. The molecule has 0 aromatic carbocycles. The fourth-order valence-electron chi connectivity index (χ4n) is 3.98. The number of nitrogens with zero attached hydrogens (tertiary/aromatic N) is 4. The Hall–Kier alpha value is -1.69. The molecule has 6 heteroatoms. The molecule has 6 nitrogen and oxygen atoms in total. The number of carbonyl (C=O) groups is 1. The molecule has 2 saturated heterocycles. The first kappa shape index (κ1) is 15.2. The average Bonchev–Trinajstić information content (AvgIpc) is 2.86. The Balaban J connectivity index is 1.73. The Labute approximate surface area is 131 Å². The SMILES string of the molecule is CC1CCC(C)N1C1CCCN(C(=O)c2nccnc2N)C1. The lowest BCUT2D eigenvalue weighted by atomic mass is 10.0. The lowest BCUT2D eigenvalue weighted by molar-refractivity contribution is 0.0483. The molecule has 1 amide bonds. The van der Waals surface area contributed by atoms with Gasteiger partial charge in [-0.3, -0.25) is 9.69 Å². The van der Waals surface area contributed by atoms with Gasteiger partial charge in [-0.25, -0.2) is 9.97 Å². The summed E-state index contributed by atoms with van der Waals surface area (Å²) in [6.45, 7) is 6.14. The largest absolute Gasteiger partial charge is 0.382 e. The number of piperidine rings is 1. The first-order valence-corrected chi connectivity index (χ1v) is 8.21. The van der Waals surface area contributed by atoms with E-state index in [1.165, 1.54) is 25.2 Å². The van der Waals surface area contributed by atoms with Crippen molar-refractivity contribution in [1.82, 2.24) is 19.8 Å². The van der Waals surface area contributed by atoms with Crippen molar-refractivity contribution in [3.05, 3.63) is 18.1 Å². The molecule has 0 aliphatic carbocycles. The van der Waals surface area contributed by atoms with Crippen LogP contribution in [0.25, 0.3) is 0 Å². The standard InChI is InChI=1S/C16H25N5O/c1-11-5-6-12(2)21(11)13-4-3-9-20(10-13)16(22)14-15(17)19-8-7-18-14/h7-8,11-13H,3-6,9-10H2,1-2H3,(H2,17,19). The van der Waals surface area contributed by atoms with Crippen LogP contribution in [0.3, 0.4) is 0 Å². The Morgan fingerprint density at radius 1 is 1.18 bits per heavy atom. The topological polar surface area (TPSA) is 75.3 Å². The van der Waals surface area contributed by atoms with Crippen molar-refractivity contribution in [2.45, 2.75) is 57.7 Å². The molecule has 2 aliphatic heterocycles. The van der Waals surface area contributed by atoms with Crippen molar-refractivity contribution >= 4 is 11.7 Å². The molecule has 1 aromatic rings. The van der Waals surface area contributed by atoms with E-state index < -0.39 is 0 Å². The number of carbonyl (C=O) groups excluding carboxylic acids is 1. The molecule has 1 aromatic heterocycles. The van der Waals surface area contributed by atoms with Crippen LogP contribution in [0, 0.1) is 0 Å². The summed E-state index contributed by atoms with van der Waals surface area (Å²) < 4.78 is 0.